The van der Waals surface area contributed by atoms with Gasteiger partial charge in [0.2, 0.25) is 0 Å². The summed E-state index contributed by atoms with van der Waals surface area (Å²) in [5, 5.41) is 10.1. The van der Waals surface area contributed by atoms with E-state index in [1.165, 1.54) is 83.5 Å². The number of aliphatic hydroxyl groups excluding tert-OH is 1. The number of aliphatic hydroxyl groups is 1. The van der Waals surface area contributed by atoms with Crippen LogP contribution in [0.1, 0.15) is 96.8 Å². The largest absolute Gasteiger partial charge is 0.391 e. The summed E-state index contributed by atoms with van der Waals surface area (Å²) in [4.78, 5) is 2.41. The molecule has 0 aliphatic heterocycles. The molecular formula is C19H39NO. The van der Waals surface area contributed by atoms with Crippen molar-refractivity contribution in [3.8, 4) is 0 Å². The fraction of sp³-hybridized carbons (Fsp3) is 1.00. The first kappa shape index (κ1) is 19.0. The zero-order valence-electron chi connectivity index (χ0n) is 14.7. The number of hydrogen-bond acceptors (Lipinski definition) is 2. The first-order valence-corrected chi connectivity index (χ1v) is 9.64. The summed E-state index contributed by atoms with van der Waals surface area (Å²) < 4.78 is 0. The van der Waals surface area contributed by atoms with Gasteiger partial charge in [0.15, 0.2) is 0 Å². The second-order valence-corrected chi connectivity index (χ2v) is 7.08. The highest BCUT2D eigenvalue weighted by Gasteiger charge is 2.25. The molecule has 0 saturated heterocycles. The second kappa shape index (κ2) is 12.5. The molecule has 1 fully saturated rings. The lowest BCUT2D eigenvalue weighted by atomic mass is 9.91. The molecule has 0 aromatic heterocycles. The van der Waals surface area contributed by atoms with Gasteiger partial charge in [-0.3, -0.25) is 0 Å². The van der Waals surface area contributed by atoms with Gasteiger partial charge < -0.3 is 10.0 Å². The third kappa shape index (κ3) is 8.83. The predicted molar refractivity (Wildman–Crippen MR) is 92.7 cm³/mol. The molecule has 126 valence electrons. The number of rotatable bonds is 12. The normalized spacial score (nSPS) is 22.9. The molecule has 2 unspecified atom stereocenters. The smallest absolute Gasteiger partial charge is 0.0695 e. The third-order valence-electron chi connectivity index (χ3n) is 5.12. The van der Waals surface area contributed by atoms with Crippen LogP contribution in [0.15, 0.2) is 0 Å². The lowest BCUT2D eigenvalue weighted by Gasteiger charge is -2.35. The monoisotopic (exact) mass is 297 g/mol. The molecule has 1 aliphatic rings. The first-order chi connectivity index (χ1) is 10.3. The fourth-order valence-corrected chi connectivity index (χ4v) is 3.62. The van der Waals surface area contributed by atoms with Gasteiger partial charge in [0.25, 0.3) is 0 Å². The average Bonchev–Trinajstić information content (AvgIpc) is 2.49. The Kier molecular flexibility index (Phi) is 11.3. The Morgan fingerprint density at radius 1 is 0.810 bits per heavy atom. The average molecular weight is 298 g/mol. The summed E-state index contributed by atoms with van der Waals surface area (Å²) in [5.41, 5.74) is 0. The van der Waals surface area contributed by atoms with E-state index in [2.05, 4.69) is 18.9 Å². The van der Waals surface area contributed by atoms with Crippen LogP contribution in [0.5, 0.6) is 0 Å². The number of unbranched alkanes of at least 4 members (excludes halogenated alkanes) is 9. The maximum atomic E-state index is 10.1. The maximum Gasteiger partial charge on any atom is 0.0695 e. The zero-order chi connectivity index (χ0) is 15.3. The van der Waals surface area contributed by atoms with Crippen molar-refractivity contribution in [3.63, 3.8) is 0 Å². The summed E-state index contributed by atoms with van der Waals surface area (Å²) in [6.07, 6.45) is 18.6. The van der Waals surface area contributed by atoms with Crippen molar-refractivity contribution >= 4 is 0 Å². The van der Waals surface area contributed by atoms with Gasteiger partial charge in [-0.25, -0.2) is 0 Å². The Hall–Kier alpha value is -0.0800. The molecule has 1 N–H and O–H groups in total. The Balaban J connectivity index is 1.89. The van der Waals surface area contributed by atoms with Crippen molar-refractivity contribution in [1.29, 1.82) is 0 Å². The summed E-state index contributed by atoms with van der Waals surface area (Å²) in [6, 6.07) is 0.428. The van der Waals surface area contributed by atoms with Gasteiger partial charge in [-0.2, -0.15) is 0 Å². The SMILES string of the molecule is CCCCCCCCCCCCN(C)C1CCCCC1O. The summed E-state index contributed by atoms with van der Waals surface area (Å²) in [7, 11) is 2.20. The summed E-state index contributed by atoms with van der Waals surface area (Å²) in [6.45, 7) is 3.45. The van der Waals surface area contributed by atoms with Crippen molar-refractivity contribution in [2.24, 2.45) is 0 Å². The van der Waals surface area contributed by atoms with Gasteiger partial charge in [0.05, 0.1) is 6.10 Å². The van der Waals surface area contributed by atoms with E-state index in [0.717, 1.165) is 13.0 Å². The number of likely N-dealkylation sites (N-methyl/N-ethyl adjacent to an activating group) is 1. The lowest BCUT2D eigenvalue weighted by molar-refractivity contribution is 0.0315. The molecule has 21 heavy (non-hydrogen) atoms. The molecule has 0 spiro atoms. The van der Waals surface area contributed by atoms with Crippen molar-refractivity contribution in [1.82, 2.24) is 4.90 Å². The molecule has 2 atom stereocenters. The fourth-order valence-electron chi connectivity index (χ4n) is 3.62. The van der Waals surface area contributed by atoms with Crippen LogP contribution in [0, 0.1) is 0 Å². The highest BCUT2D eigenvalue weighted by atomic mass is 16.3. The van der Waals surface area contributed by atoms with E-state index >= 15 is 0 Å². The molecule has 0 amide bonds. The molecule has 0 radical (unpaired) electrons. The van der Waals surface area contributed by atoms with Crippen LogP contribution in [0.4, 0.5) is 0 Å². The van der Waals surface area contributed by atoms with Gasteiger partial charge in [-0.05, 0) is 32.9 Å². The minimum Gasteiger partial charge on any atom is -0.391 e. The highest BCUT2D eigenvalue weighted by Crippen LogP contribution is 2.22. The Morgan fingerprint density at radius 2 is 1.33 bits per heavy atom. The molecule has 1 saturated carbocycles. The van der Waals surface area contributed by atoms with Crippen LogP contribution in [0.3, 0.4) is 0 Å². The molecule has 2 heteroatoms. The van der Waals surface area contributed by atoms with Crippen molar-refractivity contribution < 1.29 is 5.11 Å². The van der Waals surface area contributed by atoms with E-state index < -0.39 is 0 Å². The molecule has 1 rings (SSSR count). The van der Waals surface area contributed by atoms with Gasteiger partial charge in [0, 0.05) is 6.04 Å². The minimum atomic E-state index is -0.0770. The summed E-state index contributed by atoms with van der Waals surface area (Å²) in [5.74, 6) is 0. The second-order valence-electron chi connectivity index (χ2n) is 7.08. The topological polar surface area (TPSA) is 23.5 Å². The highest BCUT2D eigenvalue weighted by molar-refractivity contribution is 4.81. The first-order valence-electron chi connectivity index (χ1n) is 9.64. The van der Waals surface area contributed by atoms with Crippen molar-refractivity contribution in [2.75, 3.05) is 13.6 Å². The standard InChI is InChI=1S/C19H39NO/c1-3-4-5-6-7-8-9-10-11-14-17-20(2)18-15-12-13-16-19(18)21/h18-19,21H,3-17H2,1-2H3. The Bertz CT molecular complexity index is 232. The van der Waals surface area contributed by atoms with E-state index in [-0.39, 0.29) is 6.10 Å². The van der Waals surface area contributed by atoms with Crippen LogP contribution >= 0.6 is 0 Å². The summed E-state index contributed by atoms with van der Waals surface area (Å²) >= 11 is 0. The predicted octanol–water partition coefficient (Wildman–Crippen LogP) is 5.14. The molecule has 1 aliphatic carbocycles. The molecule has 2 nitrogen and oxygen atoms in total. The molecule has 0 aromatic rings. The van der Waals surface area contributed by atoms with E-state index in [1.807, 2.05) is 0 Å². The van der Waals surface area contributed by atoms with E-state index in [0.29, 0.717) is 6.04 Å². The molecular weight excluding hydrogens is 258 g/mol. The van der Waals surface area contributed by atoms with Crippen LogP contribution in [-0.4, -0.2) is 35.7 Å². The third-order valence-corrected chi connectivity index (χ3v) is 5.12. The van der Waals surface area contributed by atoms with Crippen molar-refractivity contribution in [2.45, 2.75) is 109 Å². The zero-order valence-corrected chi connectivity index (χ0v) is 14.7. The van der Waals surface area contributed by atoms with Gasteiger partial charge in [-0.15, -0.1) is 0 Å². The van der Waals surface area contributed by atoms with Gasteiger partial charge in [-0.1, -0.05) is 77.6 Å². The Morgan fingerprint density at radius 3 is 1.90 bits per heavy atom. The quantitative estimate of drug-likeness (QED) is 0.504. The van der Waals surface area contributed by atoms with Crippen LogP contribution in [0.25, 0.3) is 0 Å². The van der Waals surface area contributed by atoms with E-state index in [9.17, 15) is 5.11 Å². The minimum absolute atomic E-state index is 0.0770. The molecule has 0 heterocycles. The molecule has 0 bridgehead atoms. The van der Waals surface area contributed by atoms with E-state index in [4.69, 9.17) is 0 Å². The van der Waals surface area contributed by atoms with Gasteiger partial charge >= 0.3 is 0 Å². The number of hydrogen-bond donors (Lipinski definition) is 1. The van der Waals surface area contributed by atoms with Crippen LogP contribution in [-0.2, 0) is 0 Å². The number of nitrogens with zero attached hydrogens (tertiary/aromatic N) is 1. The van der Waals surface area contributed by atoms with E-state index in [1.54, 1.807) is 0 Å². The maximum absolute atomic E-state index is 10.1. The molecule has 0 aromatic carbocycles. The van der Waals surface area contributed by atoms with Crippen LogP contribution < -0.4 is 0 Å². The van der Waals surface area contributed by atoms with Crippen molar-refractivity contribution in [3.05, 3.63) is 0 Å². The van der Waals surface area contributed by atoms with Gasteiger partial charge in [0.1, 0.15) is 0 Å². The van der Waals surface area contributed by atoms with Crippen LogP contribution in [0.2, 0.25) is 0 Å². The Labute approximate surface area is 133 Å². The lowest BCUT2D eigenvalue weighted by Crippen LogP contribution is -2.43.